The Balaban J connectivity index is 1.87. The van der Waals surface area contributed by atoms with Gasteiger partial charge in [0.25, 0.3) is 0 Å². The molecule has 5 heteroatoms. The Morgan fingerprint density at radius 3 is 2.16 bits per heavy atom. The molecule has 0 atom stereocenters. The summed E-state index contributed by atoms with van der Waals surface area (Å²) in [5.41, 5.74) is -1.50. The zero-order valence-corrected chi connectivity index (χ0v) is 14.5. The van der Waals surface area contributed by atoms with Gasteiger partial charge in [-0.1, -0.05) is 25.5 Å². The molecular formula is C20H25F5. The number of unbranched alkanes of at least 4 members (excludes halogenated alkanes) is 1. The summed E-state index contributed by atoms with van der Waals surface area (Å²) in [6, 6.07) is 1.65. The van der Waals surface area contributed by atoms with E-state index < -0.39 is 23.4 Å². The first-order chi connectivity index (χ1) is 11.8. The fourth-order valence-electron chi connectivity index (χ4n) is 3.54. The highest BCUT2D eigenvalue weighted by atomic mass is 19.4. The van der Waals surface area contributed by atoms with Gasteiger partial charge >= 0.3 is 6.18 Å². The molecule has 0 spiro atoms. The van der Waals surface area contributed by atoms with E-state index in [0.29, 0.717) is 23.8 Å². The van der Waals surface area contributed by atoms with Crippen LogP contribution in [0, 0.1) is 23.5 Å². The van der Waals surface area contributed by atoms with E-state index in [9.17, 15) is 22.0 Å². The third kappa shape index (κ3) is 5.82. The molecule has 1 aromatic carbocycles. The molecule has 1 aliphatic carbocycles. The molecule has 0 heterocycles. The zero-order valence-electron chi connectivity index (χ0n) is 14.5. The number of rotatable bonds is 6. The van der Waals surface area contributed by atoms with Crippen LogP contribution in [-0.2, 0) is 12.6 Å². The highest BCUT2D eigenvalue weighted by molar-refractivity contribution is 5.28. The summed E-state index contributed by atoms with van der Waals surface area (Å²) >= 11 is 0. The van der Waals surface area contributed by atoms with Crippen LogP contribution < -0.4 is 0 Å². The van der Waals surface area contributed by atoms with Gasteiger partial charge in [0.05, 0.1) is 0 Å². The van der Waals surface area contributed by atoms with Gasteiger partial charge in [-0.25, -0.2) is 8.78 Å². The van der Waals surface area contributed by atoms with Gasteiger partial charge in [0, 0.05) is 0 Å². The Morgan fingerprint density at radius 1 is 1.04 bits per heavy atom. The lowest BCUT2D eigenvalue weighted by Gasteiger charge is -2.26. The maximum absolute atomic E-state index is 13.6. The van der Waals surface area contributed by atoms with E-state index in [2.05, 4.69) is 19.1 Å². The Bertz CT molecular complexity index is 557. The van der Waals surface area contributed by atoms with Crippen LogP contribution in [-0.4, -0.2) is 0 Å². The SMILES string of the molecule is CCC/C=C/[C@H]1CC[C@H](CCc2cc(F)c(C(F)(F)F)c(F)c2)CC1. The van der Waals surface area contributed by atoms with Crippen molar-refractivity contribution in [3.05, 3.63) is 47.0 Å². The van der Waals surface area contributed by atoms with E-state index in [0.717, 1.165) is 57.1 Å². The first-order valence-electron chi connectivity index (χ1n) is 9.03. The number of alkyl halides is 3. The average Bonchev–Trinajstić information content (AvgIpc) is 2.52. The molecule has 0 bridgehead atoms. The molecule has 140 valence electrons. The molecule has 0 aromatic heterocycles. The molecule has 0 nitrogen and oxygen atoms in total. The zero-order chi connectivity index (χ0) is 18.4. The number of allylic oxidation sites excluding steroid dienone is 2. The van der Waals surface area contributed by atoms with Crippen molar-refractivity contribution in [2.45, 2.75) is 64.5 Å². The van der Waals surface area contributed by atoms with Crippen LogP contribution in [0.3, 0.4) is 0 Å². The van der Waals surface area contributed by atoms with Gasteiger partial charge in [-0.3, -0.25) is 0 Å². The van der Waals surface area contributed by atoms with Gasteiger partial charge in [0.1, 0.15) is 17.2 Å². The lowest BCUT2D eigenvalue weighted by atomic mass is 9.79. The van der Waals surface area contributed by atoms with Crippen molar-refractivity contribution in [1.29, 1.82) is 0 Å². The van der Waals surface area contributed by atoms with E-state index in [4.69, 9.17) is 0 Å². The molecule has 0 N–H and O–H groups in total. The Labute approximate surface area is 146 Å². The standard InChI is InChI=1S/C20H25F5/c1-2-3-4-5-14-6-8-15(9-7-14)10-11-16-12-17(21)19(18(22)13-16)20(23,24)25/h4-5,12-15H,2-3,6-11H2,1H3/b5-4+/t14-,15-. The molecule has 0 amide bonds. The number of hydrogen-bond acceptors (Lipinski definition) is 0. The van der Waals surface area contributed by atoms with Crippen LogP contribution in [0.25, 0.3) is 0 Å². The first kappa shape index (κ1) is 19.9. The molecule has 1 aromatic rings. The molecular weight excluding hydrogens is 335 g/mol. The summed E-state index contributed by atoms with van der Waals surface area (Å²) < 4.78 is 64.9. The molecule has 1 saturated carbocycles. The van der Waals surface area contributed by atoms with E-state index in [1.165, 1.54) is 0 Å². The first-order valence-corrected chi connectivity index (χ1v) is 9.03. The van der Waals surface area contributed by atoms with Crippen LogP contribution in [0.1, 0.15) is 63.0 Å². The Kier molecular flexibility index (Phi) is 7.03. The highest BCUT2D eigenvalue weighted by Crippen LogP contribution is 2.35. The predicted molar refractivity (Wildman–Crippen MR) is 89.2 cm³/mol. The second kappa shape index (κ2) is 8.81. The van der Waals surface area contributed by atoms with Crippen molar-refractivity contribution in [3.8, 4) is 0 Å². The van der Waals surface area contributed by atoms with E-state index >= 15 is 0 Å². The van der Waals surface area contributed by atoms with Gasteiger partial charge in [-0.15, -0.1) is 0 Å². The van der Waals surface area contributed by atoms with Gasteiger partial charge < -0.3 is 0 Å². The normalized spacial score (nSPS) is 21.8. The van der Waals surface area contributed by atoms with Crippen molar-refractivity contribution >= 4 is 0 Å². The minimum absolute atomic E-state index is 0.299. The second-order valence-electron chi connectivity index (χ2n) is 6.97. The fraction of sp³-hybridized carbons (Fsp3) is 0.600. The lowest BCUT2D eigenvalue weighted by molar-refractivity contribution is -0.142. The molecule has 0 saturated heterocycles. The minimum atomic E-state index is -5.00. The largest absolute Gasteiger partial charge is 0.422 e. The summed E-state index contributed by atoms with van der Waals surface area (Å²) in [4.78, 5) is 0. The molecule has 0 aliphatic heterocycles. The predicted octanol–water partition coefficient (Wildman–Crippen LogP) is 7.08. The fourth-order valence-corrected chi connectivity index (χ4v) is 3.54. The Morgan fingerprint density at radius 2 is 1.64 bits per heavy atom. The van der Waals surface area contributed by atoms with Crippen LogP contribution >= 0.6 is 0 Å². The lowest BCUT2D eigenvalue weighted by Crippen LogP contribution is -2.14. The van der Waals surface area contributed by atoms with Gasteiger partial charge in [0.15, 0.2) is 0 Å². The maximum atomic E-state index is 13.6. The molecule has 1 fully saturated rings. The molecule has 1 aliphatic rings. The monoisotopic (exact) mass is 360 g/mol. The summed E-state index contributed by atoms with van der Waals surface area (Å²) in [5.74, 6) is -1.95. The van der Waals surface area contributed by atoms with Crippen molar-refractivity contribution in [2.75, 3.05) is 0 Å². The van der Waals surface area contributed by atoms with Gasteiger partial charge in [0.2, 0.25) is 0 Å². The smallest absolute Gasteiger partial charge is 0.206 e. The van der Waals surface area contributed by atoms with Crippen molar-refractivity contribution in [1.82, 2.24) is 0 Å². The number of halogens is 5. The minimum Gasteiger partial charge on any atom is -0.206 e. The summed E-state index contributed by atoms with van der Waals surface area (Å²) in [7, 11) is 0. The van der Waals surface area contributed by atoms with E-state index in [1.807, 2.05) is 0 Å². The summed E-state index contributed by atoms with van der Waals surface area (Å²) in [6.07, 6.45) is 7.29. The number of aryl methyl sites for hydroxylation is 1. The summed E-state index contributed by atoms with van der Waals surface area (Å²) in [6.45, 7) is 2.15. The number of benzene rings is 1. The average molecular weight is 360 g/mol. The summed E-state index contributed by atoms with van der Waals surface area (Å²) in [5, 5.41) is 0. The topological polar surface area (TPSA) is 0 Å². The third-order valence-corrected chi connectivity index (χ3v) is 4.98. The molecule has 25 heavy (non-hydrogen) atoms. The maximum Gasteiger partial charge on any atom is 0.422 e. The highest BCUT2D eigenvalue weighted by Gasteiger charge is 2.37. The van der Waals surface area contributed by atoms with Crippen LogP contribution in [0.15, 0.2) is 24.3 Å². The van der Waals surface area contributed by atoms with E-state index in [-0.39, 0.29) is 0 Å². The number of hydrogen-bond donors (Lipinski definition) is 0. The van der Waals surface area contributed by atoms with Crippen LogP contribution in [0.2, 0.25) is 0 Å². The van der Waals surface area contributed by atoms with Crippen molar-refractivity contribution in [2.24, 2.45) is 11.8 Å². The quantitative estimate of drug-likeness (QED) is 0.376. The van der Waals surface area contributed by atoms with E-state index in [1.54, 1.807) is 0 Å². The second-order valence-corrected chi connectivity index (χ2v) is 6.97. The molecule has 2 rings (SSSR count). The van der Waals surface area contributed by atoms with Crippen molar-refractivity contribution < 1.29 is 22.0 Å². The van der Waals surface area contributed by atoms with Crippen LogP contribution in [0.4, 0.5) is 22.0 Å². The van der Waals surface area contributed by atoms with Crippen LogP contribution in [0.5, 0.6) is 0 Å². The van der Waals surface area contributed by atoms with Gasteiger partial charge in [-0.05, 0) is 74.5 Å². The molecule has 0 unspecified atom stereocenters. The molecule has 0 radical (unpaired) electrons. The van der Waals surface area contributed by atoms with Crippen molar-refractivity contribution in [3.63, 3.8) is 0 Å². The van der Waals surface area contributed by atoms with Gasteiger partial charge in [-0.2, -0.15) is 13.2 Å². The Hall–Kier alpha value is -1.39. The third-order valence-electron chi connectivity index (χ3n) is 4.98.